The van der Waals surface area contributed by atoms with E-state index in [9.17, 15) is 4.79 Å². The predicted molar refractivity (Wildman–Crippen MR) is 125 cm³/mol. The molecule has 0 saturated heterocycles. The van der Waals surface area contributed by atoms with Crippen molar-refractivity contribution in [1.29, 1.82) is 0 Å². The Morgan fingerprint density at radius 3 is 2.66 bits per heavy atom. The van der Waals surface area contributed by atoms with Crippen molar-refractivity contribution in [2.24, 2.45) is 7.05 Å². The number of amides is 1. The molecule has 3 aromatic heterocycles. The predicted octanol–water partition coefficient (Wildman–Crippen LogP) is 5.33. The number of benzene rings is 1. The van der Waals surface area contributed by atoms with E-state index in [0.717, 1.165) is 22.2 Å². The summed E-state index contributed by atoms with van der Waals surface area (Å²) in [6.45, 7) is 9.80. The summed E-state index contributed by atoms with van der Waals surface area (Å²) in [7, 11) is 1.88. The van der Waals surface area contributed by atoms with Crippen LogP contribution in [0.15, 0.2) is 36.5 Å². The van der Waals surface area contributed by atoms with E-state index in [1.54, 1.807) is 21.5 Å². The summed E-state index contributed by atoms with van der Waals surface area (Å²) in [6, 6.07) is 9.52. The van der Waals surface area contributed by atoms with E-state index in [2.05, 4.69) is 29.0 Å². The van der Waals surface area contributed by atoms with Crippen molar-refractivity contribution < 1.29 is 9.53 Å². The molecular weight excluding hydrogens is 428 g/mol. The third-order valence-corrected chi connectivity index (χ3v) is 5.30. The van der Waals surface area contributed by atoms with E-state index in [0.29, 0.717) is 11.5 Å². The highest BCUT2D eigenvalue weighted by atomic mass is 35.5. The lowest BCUT2D eigenvalue weighted by Gasteiger charge is -2.27. The molecule has 0 aliphatic heterocycles. The Kier molecular flexibility index (Phi) is 5.58. The van der Waals surface area contributed by atoms with E-state index in [4.69, 9.17) is 16.3 Å². The van der Waals surface area contributed by atoms with Gasteiger partial charge >= 0.3 is 6.09 Å². The topological polar surface area (TPSA) is 77.5 Å². The molecule has 0 bridgehead atoms. The van der Waals surface area contributed by atoms with Crippen molar-refractivity contribution >= 4 is 40.1 Å². The summed E-state index contributed by atoms with van der Waals surface area (Å²) in [5, 5.41) is 10.4. The van der Waals surface area contributed by atoms with Gasteiger partial charge in [0, 0.05) is 24.1 Å². The zero-order valence-corrected chi connectivity index (χ0v) is 19.9. The molecule has 3 heterocycles. The van der Waals surface area contributed by atoms with E-state index >= 15 is 0 Å². The average molecular weight is 455 g/mol. The van der Waals surface area contributed by atoms with Crippen molar-refractivity contribution in [3.05, 3.63) is 52.9 Å². The lowest BCUT2D eigenvalue weighted by atomic mass is 10.1. The van der Waals surface area contributed by atoms with Crippen molar-refractivity contribution in [2.75, 3.05) is 4.90 Å². The molecule has 0 fully saturated rings. The molecule has 0 aliphatic carbocycles. The average Bonchev–Trinajstić information content (AvgIpc) is 3.26. The number of anilines is 1. The zero-order chi connectivity index (χ0) is 23.2. The van der Waals surface area contributed by atoms with E-state index < -0.39 is 11.7 Å². The van der Waals surface area contributed by atoms with Gasteiger partial charge in [-0.2, -0.15) is 14.7 Å². The molecule has 0 atom stereocenters. The Morgan fingerprint density at radius 2 is 1.97 bits per heavy atom. The smallest absolute Gasteiger partial charge is 0.416 e. The van der Waals surface area contributed by atoms with E-state index in [-0.39, 0.29) is 17.6 Å². The molecule has 168 valence electrons. The van der Waals surface area contributed by atoms with Crippen molar-refractivity contribution in [2.45, 2.75) is 52.7 Å². The molecule has 1 aromatic carbocycles. The molecule has 9 heteroatoms. The highest BCUT2D eigenvalue weighted by Gasteiger charge is 2.28. The van der Waals surface area contributed by atoms with Crippen LogP contribution in [-0.2, 0) is 18.3 Å². The second-order valence-electron chi connectivity index (χ2n) is 9.08. The highest BCUT2D eigenvalue weighted by Crippen LogP contribution is 2.29. The van der Waals surface area contributed by atoms with Crippen LogP contribution in [0.25, 0.3) is 16.6 Å². The van der Waals surface area contributed by atoms with Gasteiger partial charge in [-0.1, -0.05) is 43.6 Å². The van der Waals surface area contributed by atoms with Crippen molar-refractivity contribution in [1.82, 2.24) is 24.4 Å². The monoisotopic (exact) mass is 454 g/mol. The normalized spacial score (nSPS) is 12.1. The third-order valence-electron chi connectivity index (χ3n) is 5.10. The van der Waals surface area contributed by atoms with Gasteiger partial charge in [-0.3, -0.25) is 9.58 Å². The van der Waals surface area contributed by atoms with Crippen LogP contribution in [-0.4, -0.2) is 36.1 Å². The molecule has 0 N–H and O–H groups in total. The summed E-state index contributed by atoms with van der Waals surface area (Å²) >= 11 is 6.39. The number of carbonyl (C=O) groups excluding carboxylic acids is 1. The van der Waals surface area contributed by atoms with Gasteiger partial charge in [0.1, 0.15) is 16.6 Å². The first-order valence-corrected chi connectivity index (χ1v) is 10.9. The number of carbonyl (C=O) groups is 1. The van der Waals surface area contributed by atoms with Gasteiger partial charge in [-0.05, 0) is 32.8 Å². The fourth-order valence-corrected chi connectivity index (χ4v) is 3.82. The second kappa shape index (κ2) is 8.09. The van der Waals surface area contributed by atoms with Crippen LogP contribution in [0.5, 0.6) is 0 Å². The Labute approximate surface area is 191 Å². The van der Waals surface area contributed by atoms with Gasteiger partial charge in [0.2, 0.25) is 0 Å². The van der Waals surface area contributed by atoms with Gasteiger partial charge in [0.25, 0.3) is 0 Å². The quantitative estimate of drug-likeness (QED) is 0.389. The molecule has 32 heavy (non-hydrogen) atoms. The van der Waals surface area contributed by atoms with Crippen LogP contribution >= 0.6 is 11.6 Å². The lowest BCUT2D eigenvalue weighted by Crippen LogP contribution is -2.37. The van der Waals surface area contributed by atoms with Crippen LogP contribution in [0.3, 0.4) is 0 Å². The summed E-state index contributed by atoms with van der Waals surface area (Å²) in [6.07, 6.45) is 1.24. The fourth-order valence-electron chi connectivity index (χ4n) is 3.65. The molecule has 4 aromatic rings. The first-order chi connectivity index (χ1) is 15.0. The summed E-state index contributed by atoms with van der Waals surface area (Å²) in [5.74, 6) is 0.664. The van der Waals surface area contributed by atoms with Gasteiger partial charge in [0.05, 0.1) is 24.0 Å². The number of aryl methyl sites for hydroxylation is 1. The third kappa shape index (κ3) is 4.14. The van der Waals surface area contributed by atoms with Gasteiger partial charge in [-0.15, -0.1) is 0 Å². The Hall–Kier alpha value is -3.13. The molecule has 8 nitrogen and oxygen atoms in total. The van der Waals surface area contributed by atoms with Gasteiger partial charge < -0.3 is 4.74 Å². The van der Waals surface area contributed by atoms with Crippen molar-refractivity contribution in [3.63, 3.8) is 0 Å². The molecule has 0 aliphatic rings. The van der Waals surface area contributed by atoms with Crippen LogP contribution < -0.4 is 4.90 Å². The van der Waals surface area contributed by atoms with E-state index in [1.165, 1.54) is 4.90 Å². The Bertz CT molecular complexity index is 1300. The van der Waals surface area contributed by atoms with Crippen LogP contribution in [0.2, 0.25) is 5.15 Å². The number of aromatic nitrogens is 5. The van der Waals surface area contributed by atoms with Crippen LogP contribution in [0.4, 0.5) is 10.6 Å². The molecule has 0 unspecified atom stereocenters. The SMILES string of the molecule is CC(C)c1cnn2c(N(Cc3nn(C)c4ccccc34)C(=O)OC(C)(C)C)cc(Cl)nc12. The molecule has 0 radical (unpaired) electrons. The number of hydrogen-bond acceptors (Lipinski definition) is 5. The molecule has 4 rings (SSSR count). The number of hydrogen-bond donors (Lipinski definition) is 0. The lowest BCUT2D eigenvalue weighted by molar-refractivity contribution is 0.0575. The highest BCUT2D eigenvalue weighted by molar-refractivity contribution is 6.29. The fraction of sp³-hybridized carbons (Fsp3) is 0.391. The molecule has 0 saturated carbocycles. The van der Waals surface area contributed by atoms with Gasteiger partial charge in [-0.25, -0.2) is 9.78 Å². The number of fused-ring (bicyclic) bond motifs is 2. The number of halogens is 1. The Balaban J connectivity index is 1.88. The number of ether oxygens (including phenoxy) is 1. The minimum absolute atomic E-state index is 0.183. The largest absolute Gasteiger partial charge is 0.443 e. The Morgan fingerprint density at radius 1 is 1.25 bits per heavy atom. The number of nitrogens with zero attached hydrogens (tertiary/aromatic N) is 6. The molecule has 0 spiro atoms. The number of para-hydroxylation sites is 1. The van der Waals surface area contributed by atoms with Crippen LogP contribution in [0, 0.1) is 0 Å². The first kappa shape index (κ1) is 22.1. The van der Waals surface area contributed by atoms with Crippen LogP contribution in [0.1, 0.15) is 51.8 Å². The number of rotatable bonds is 4. The maximum atomic E-state index is 13.4. The summed E-state index contributed by atoms with van der Waals surface area (Å²) in [4.78, 5) is 19.3. The zero-order valence-electron chi connectivity index (χ0n) is 19.1. The standard InChI is InChI=1S/C23H27ClN6O2/c1-14(2)16-12-25-30-20(11-19(24)26-21(16)30)29(22(31)32-23(3,4)5)13-17-15-9-7-8-10-18(15)28(6)27-17/h7-12,14H,13H2,1-6H3. The second-order valence-corrected chi connectivity index (χ2v) is 9.47. The minimum atomic E-state index is -0.676. The summed E-state index contributed by atoms with van der Waals surface area (Å²) < 4.78 is 9.17. The van der Waals surface area contributed by atoms with Crippen molar-refractivity contribution in [3.8, 4) is 0 Å². The summed E-state index contributed by atoms with van der Waals surface area (Å²) in [5.41, 5.74) is 2.60. The maximum Gasteiger partial charge on any atom is 0.416 e. The van der Waals surface area contributed by atoms with E-state index in [1.807, 2.05) is 52.1 Å². The minimum Gasteiger partial charge on any atom is -0.443 e. The maximum absolute atomic E-state index is 13.4. The first-order valence-electron chi connectivity index (χ1n) is 10.5. The molecular formula is C23H27ClN6O2. The molecule has 1 amide bonds. The van der Waals surface area contributed by atoms with Gasteiger partial charge in [0.15, 0.2) is 5.65 Å².